The zero-order valence-electron chi connectivity index (χ0n) is 24.6. The van der Waals surface area contributed by atoms with E-state index < -0.39 is 6.10 Å². The predicted octanol–water partition coefficient (Wildman–Crippen LogP) is 6.48. The van der Waals surface area contributed by atoms with Crippen LogP contribution in [0.25, 0.3) is 0 Å². The quantitative estimate of drug-likeness (QED) is 0.134. The number of methoxy groups -OCH3 is 1. The second kappa shape index (κ2) is 18.2. The number of carbonyl (C=O) groups excluding carboxylic acids is 1. The van der Waals surface area contributed by atoms with Crippen LogP contribution in [0.5, 0.6) is 0 Å². The molecule has 0 aromatic carbocycles. The van der Waals surface area contributed by atoms with Crippen molar-refractivity contribution in [3.05, 3.63) is 24.3 Å². The Kier molecular flexibility index (Phi) is 15.1. The van der Waals surface area contributed by atoms with Crippen LogP contribution in [0.2, 0.25) is 0 Å². The Morgan fingerprint density at radius 2 is 1.79 bits per heavy atom. The monoisotopic (exact) mass is 550 g/mol. The molecule has 2 heterocycles. The lowest BCUT2D eigenvalue weighted by molar-refractivity contribution is -0.193. The molecule has 224 valence electrons. The molecule has 0 spiro atoms. The van der Waals surface area contributed by atoms with Crippen molar-refractivity contribution in [2.75, 3.05) is 20.3 Å². The highest BCUT2D eigenvalue weighted by atomic mass is 16.7. The van der Waals surface area contributed by atoms with E-state index in [-0.39, 0.29) is 42.6 Å². The second-order valence-electron chi connectivity index (χ2n) is 11.6. The number of aliphatic hydroxyl groups excluding tert-OH is 1. The van der Waals surface area contributed by atoms with Gasteiger partial charge in [0.25, 0.3) is 0 Å². The fourth-order valence-electron chi connectivity index (χ4n) is 5.97. The van der Waals surface area contributed by atoms with Crippen molar-refractivity contribution in [1.29, 1.82) is 0 Å². The van der Waals surface area contributed by atoms with Crippen LogP contribution < -0.4 is 0 Å². The zero-order chi connectivity index (χ0) is 27.9. The van der Waals surface area contributed by atoms with Gasteiger partial charge in [0, 0.05) is 32.0 Å². The van der Waals surface area contributed by atoms with Crippen molar-refractivity contribution in [1.82, 2.24) is 0 Å². The summed E-state index contributed by atoms with van der Waals surface area (Å²) < 4.78 is 29.6. The maximum atomic E-state index is 11.4. The molecular formula is C32H54O7. The standard InChI is InChI=1S/C32H54O7/c1-4-5-14-24(2)28(38-31-17-10-12-21-36-31)20-19-26-25(15-8-6-7-9-16-30(34)35-3)27(33)23-29(26)39-32-18-11-13-22-37-32/h6,8,19-20,24-29,31-33H,4-5,7,9-18,21-23H2,1-3H3/t24-,25-,26-,27-,28-,29-,31?,32?/m1/s1. The maximum Gasteiger partial charge on any atom is 0.305 e. The lowest BCUT2D eigenvalue weighted by Crippen LogP contribution is -2.32. The van der Waals surface area contributed by atoms with Crippen molar-refractivity contribution in [2.45, 2.75) is 135 Å². The Balaban J connectivity index is 1.69. The van der Waals surface area contributed by atoms with Crippen molar-refractivity contribution < 1.29 is 33.6 Å². The minimum absolute atomic E-state index is 0.0292. The molecule has 7 nitrogen and oxygen atoms in total. The van der Waals surface area contributed by atoms with Gasteiger partial charge in [-0.1, -0.05) is 51.0 Å². The molecule has 1 saturated carbocycles. The number of allylic oxidation sites excluding steroid dienone is 2. The van der Waals surface area contributed by atoms with Crippen LogP contribution in [0.4, 0.5) is 0 Å². The van der Waals surface area contributed by atoms with E-state index in [1.807, 2.05) is 0 Å². The smallest absolute Gasteiger partial charge is 0.305 e. The van der Waals surface area contributed by atoms with E-state index in [4.69, 9.17) is 23.7 Å². The van der Waals surface area contributed by atoms with E-state index in [1.54, 1.807) is 0 Å². The van der Waals surface area contributed by atoms with E-state index >= 15 is 0 Å². The molecule has 1 N–H and O–H groups in total. The summed E-state index contributed by atoms with van der Waals surface area (Å²) in [5, 5.41) is 11.1. The fraction of sp³-hybridized carbons (Fsp3) is 0.844. The first-order valence-electron chi connectivity index (χ1n) is 15.6. The van der Waals surface area contributed by atoms with Crippen LogP contribution in [0.1, 0.15) is 104 Å². The third-order valence-corrected chi connectivity index (χ3v) is 8.45. The van der Waals surface area contributed by atoms with Gasteiger partial charge in [0.05, 0.1) is 25.4 Å². The van der Waals surface area contributed by atoms with Gasteiger partial charge >= 0.3 is 5.97 Å². The highest BCUT2D eigenvalue weighted by Gasteiger charge is 2.42. The van der Waals surface area contributed by atoms with Crippen molar-refractivity contribution in [3.63, 3.8) is 0 Å². The lowest BCUT2D eigenvalue weighted by Gasteiger charge is -2.31. The Bertz CT molecular complexity index is 726. The summed E-state index contributed by atoms with van der Waals surface area (Å²) in [6.45, 7) is 6.01. The summed E-state index contributed by atoms with van der Waals surface area (Å²) in [6, 6.07) is 0. The normalized spacial score (nSPS) is 31.6. The molecule has 3 aliphatic rings. The van der Waals surface area contributed by atoms with E-state index in [9.17, 15) is 9.90 Å². The van der Waals surface area contributed by atoms with Crippen LogP contribution in [0, 0.1) is 17.8 Å². The summed E-state index contributed by atoms with van der Waals surface area (Å²) in [4.78, 5) is 11.4. The van der Waals surface area contributed by atoms with Crippen LogP contribution in [0.3, 0.4) is 0 Å². The first-order valence-corrected chi connectivity index (χ1v) is 15.6. The molecule has 0 radical (unpaired) electrons. The topological polar surface area (TPSA) is 83.5 Å². The number of aliphatic hydroxyl groups is 1. The molecule has 0 amide bonds. The summed E-state index contributed by atoms with van der Waals surface area (Å²) >= 11 is 0. The van der Waals surface area contributed by atoms with Gasteiger partial charge in [-0.05, 0) is 76.0 Å². The second-order valence-corrected chi connectivity index (χ2v) is 11.6. The summed E-state index contributed by atoms with van der Waals surface area (Å²) in [5.74, 6) is 0.340. The van der Waals surface area contributed by atoms with E-state index in [0.29, 0.717) is 18.8 Å². The predicted molar refractivity (Wildman–Crippen MR) is 152 cm³/mol. The number of esters is 1. The number of carbonyl (C=O) groups is 1. The van der Waals surface area contributed by atoms with Gasteiger partial charge in [0.15, 0.2) is 12.6 Å². The molecule has 8 atom stereocenters. The molecule has 7 heteroatoms. The van der Waals surface area contributed by atoms with Crippen LogP contribution in [-0.4, -0.2) is 62.3 Å². The van der Waals surface area contributed by atoms with Crippen molar-refractivity contribution in [3.8, 4) is 0 Å². The van der Waals surface area contributed by atoms with Crippen molar-refractivity contribution >= 4 is 5.97 Å². The number of rotatable bonds is 16. The molecule has 3 rings (SSSR count). The molecule has 1 aliphatic carbocycles. The molecule has 0 aromatic heterocycles. The molecule has 0 bridgehead atoms. The first-order chi connectivity index (χ1) is 19.0. The average molecular weight is 551 g/mol. The summed E-state index contributed by atoms with van der Waals surface area (Å²) in [7, 11) is 1.42. The number of ether oxygens (including phenoxy) is 5. The number of unbranched alkanes of at least 4 members (excludes halogenated alkanes) is 2. The molecular weight excluding hydrogens is 496 g/mol. The zero-order valence-corrected chi connectivity index (χ0v) is 24.6. The molecule has 39 heavy (non-hydrogen) atoms. The van der Waals surface area contributed by atoms with Gasteiger partial charge in [-0.3, -0.25) is 4.79 Å². The van der Waals surface area contributed by atoms with E-state index in [0.717, 1.165) is 77.4 Å². The molecule has 2 unspecified atom stereocenters. The highest BCUT2D eigenvalue weighted by Crippen LogP contribution is 2.40. The Morgan fingerprint density at radius 3 is 2.46 bits per heavy atom. The molecule has 2 aliphatic heterocycles. The van der Waals surface area contributed by atoms with E-state index in [1.165, 1.54) is 20.0 Å². The third-order valence-electron chi connectivity index (χ3n) is 8.45. The van der Waals surface area contributed by atoms with Gasteiger partial charge in [-0.2, -0.15) is 0 Å². The minimum Gasteiger partial charge on any atom is -0.469 e. The van der Waals surface area contributed by atoms with Gasteiger partial charge in [-0.15, -0.1) is 0 Å². The van der Waals surface area contributed by atoms with Gasteiger partial charge in [0.1, 0.15) is 0 Å². The Labute approximate surface area is 236 Å². The van der Waals surface area contributed by atoms with Crippen LogP contribution in [-0.2, 0) is 28.5 Å². The first kappa shape index (κ1) is 32.3. The molecule has 0 aromatic rings. The summed E-state index contributed by atoms with van der Waals surface area (Å²) in [5.41, 5.74) is 0. The van der Waals surface area contributed by atoms with Crippen LogP contribution in [0.15, 0.2) is 24.3 Å². The van der Waals surface area contributed by atoms with E-state index in [2.05, 4.69) is 38.2 Å². The highest BCUT2D eigenvalue weighted by molar-refractivity contribution is 5.69. The van der Waals surface area contributed by atoms with Crippen molar-refractivity contribution in [2.24, 2.45) is 17.8 Å². The fourth-order valence-corrected chi connectivity index (χ4v) is 5.97. The molecule has 2 saturated heterocycles. The third kappa shape index (κ3) is 11.3. The number of hydrogen-bond donors (Lipinski definition) is 1. The Morgan fingerprint density at radius 1 is 1.05 bits per heavy atom. The van der Waals surface area contributed by atoms with Gasteiger partial charge in [0.2, 0.25) is 0 Å². The molecule has 3 fully saturated rings. The van der Waals surface area contributed by atoms with Gasteiger partial charge < -0.3 is 28.8 Å². The Hall–Kier alpha value is -1.25. The average Bonchev–Trinajstić information content (AvgIpc) is 3.25. The maximum absolute atomic E-state index is 11.4. The number of hydrogen-bond acceptors (Lipinski definition) is 7. The SMILES string of the molecule is CCCC[C@@H](C)[C@@H](C=C[C@@H]1[C@@H](CC=CCCCC(=O)OC)[C@H](O)C[C@H]1OC1CCCCO1)OC1CCCCO1. The lowest BCUT2D eigenvalue weighted by atomic mass is 9.88. The minimum atomic E-state index is -0.438. The summed E-state index contributed by atoms with van der Waals surface area (Å²) in [6.07, 6.45) is 21.0. The van der Waals surface area contributed by atoms with Crippen LogP contribution >= 0.6 is 0 Å². The van der Waals surface area contributed by atoms with Gasteiger partial charge in [-0.25, -0.2) is 0 Å². The largest absolute Gasteiger partial charge is 0.469 e.